The zero-order valence-electron chi connectivity index (χ0n) is 66.0. The molecule has 0 atom stereocenters. The van der Waals surface area contributed by atoms with E-state index in [-0.39, 0.29) is 47.5 Å². The van der Waals surface area contributed by atoms with Gasteiger partial charge in [0.05, 0.1) is 45.4 Å². The fourth-order valence-corrected chi connectivity index (χ4v) is 15.4. The Labute approximate surface area is 686 Å². The SMILES string of the molecule is CC1(C)OB(c2cccc(C3=Nc4ccc(CC(=O)CCc5ccccc5)cc4CC(=O)C3)c2)OC1(C)C.Cc1cc(-c2cccc(C3=Nc4ccc(CC(=O)CCc5ccccc5)cc4CC(=O)C3)c2)cc(C)n1.Cc1cc(Br)cc(C)n1.O=C(CCc1ccccc1)Cc1ccc2c(c1)CC(=O)CC(c1cccc(Br)c1)=N2. The van der Waals surface area contributed by atoms with E-state index in [2.05, 4.69) is 66.1 Å². The fourth-order valence-electron chi connectivity index (χ4n) is 14.3. The van der Waals surface area contributed by atoms with Gasteiger partial charge in [-0.1, -0.05) is 214 Å². The van der Waals surface area contributed by atoms with E-state index in [1.54, 1.807) is 0 Å². The third-order valence-electron chi connectivity index (χ3n) is 20.8. The number of Topliss-reactive ketones (excluding diaryl/α,β-unsaturated/α-hetero) is 6. The average Bonchev–Trinajstić information content (AvgIpc) is 1.62. The van der Waals surface area contributed by atoms with E-state index < -0.39 is 18.3 Å². The summed E-state index contributed by atoms with van der Waals surface area (Å²) in [6.07, 6.45) is 6.74. The first-order valence-corrected chi connectivity index (χ1v) is 40.5. The number of aliphatic imine (C=N–C) groups is 3. The van der Waals surface area contributed by atoms with Crippen molar-refractivity contribution in [1.29, 1.82) is 0 Å². The van der Waals surface area contributed by atoms with E-state index in [0.29, 0.717) is 64.2 Å². The summed E-state index contributed by atoms with van der Waals surface area (Å²) in [6, 6.07) is 79.9. The number of aromatic nitrogens is 2. The van der Waals surface area contributed by atoms with Crippen molar-refractivity contribution in [3.8, 4) is 11.1 Å². The Balaban J connectivity index is 0.000000150. The van der Waals surface area contributed by atoms with Gasteiger partial charge in [0.25, 0.3) is 0 Å². The Hall–Kier alpha value is -10.7. The molecule has 576 valence electrons. The van der Waals surface area contributed by atoms with Crippen molar-refractivity contribution in [2.75, 3.05) is 0 Å². The summed E-state index contributed by atoms with van der Waals surface area (Å²) < 4.78 is 14.5. The summed E-state index contributed by atoms with van der Waals surface area (Å²) >= 11 is 6.86. The molecular formula is C98H94BBr2N5O8. The minimum Gasteiger partial charge on any atom is -0.399 e. The monoisotopic (exact) mass is 1640 g/mol. The molecule has 0 amide bonds. The van der Waals surface area contributed by atoms with Crippen molar-refractivity contribution >= 4 is 113 Å². The van der Waals surface area contributed by atoms with Gasteiger partial charge in [0.1, 0.15) is 34.7 Å². The predicted molar refractivity (Wildman–Crippen MR) is 465 cm³/mol. The van der Waals surface area contributed by atoms with Crippen LogP contribution < -0.4 is 5.46 Å². The third kappa shape index (κ3) is 23.5. The largest absolute Gasteiger partial charge is 0.494 e. The van der Waals surface area contributed by atoms with Gasteiger partial charge < -0.3 is 9.31 Å². The molecule has 114 heavy (non-hydrogen) atoms. The zero-order chi connectivity index (χ0) is 80.5. The number of hydrogen-bond donors (Lipinski definition) is 0. The Morgan fingerprint density at radius 2 is 0.684 bits per heavy atom. The molecule has 0 spiro atoms. The number of carbonyl (C=O) groups is 6. The predicted octanol–water partition coefficient (Wildman–Crippen LogP) is 20.4. The first-order chi connectivity index (χ1) is 54.8. The molecule has 13 nitrogen and oxygen atoms in total. The molecule has 4 aliphatic heterocycles. The van der Waals surface area contributed by atoms with Crippen molar-refractivity contribution in [2.45, 2.75) is 163 Å². The van der Waals surface area contributed by atoms with E-state index in [0.717, 1.165) is 157 Å². The number of aryl methyl sites for hydroxylation is 7. The van der Waals surface area contributed by atoms with E-state index in [1.807, 2.05) is 274 Å². The van der Waals surface area contributed by atoms with Crippen molar-refractivity contribution in [1.82, 2.24) is 9.97 Å². The minimum absolute atomic E-state index is 0.107. The summed E-state index contributed by atoms with van der Waals surface area (Å²) in [5, 5.41) is 0. The number of fused-ring (bicyclic) bond motifs is 3. The molecule has 2 aromatic heterocycles. The van der Waals surface area contributed by atoms with Crippen LogP contribution in [0.2, 0.25) is 0 Å². The lowest BCUT2D eigenvalue weighted by molar-refractivity contribution is -0.119. The zero-order valence-corrected chi connectivity index (χ0v) is 69.2. The first-order valence-electron chi connectivity index (χ1n) is 39.0. The molecule has 0 radical (unpaired) electrons. The Bertz CT molecular complexity index is 5400. The molecule has 1 saturated heterocycles. The van der Waals surface area contributed by atoms with Gasteiger partial charge in [-0.15, -0.1) is 0 Å². The van der Waals surface area contributed by atoms with Crippen LogP contribution in [0.15, 0.2) is 267 Å². The number of nitrogens with zero attached hydrogens (tertiary/aromatic N) is 5. The van der Waals surface area contributed by atoms with Crippen molar-refractivity contribution in [3.05, 3.63) is 341 Å². The van der Waals surface area contributed by atoms with Crippen LogP contribution >= 0.6 is 31.9 Å². The quantitative estimate of drug-likeness (QED) is 0.0665. The maximum Gasteiger partial charge on any atom is 0.494 e. The third-order valence-corrected chi connectivity index (χ3v) is 21.8. The van der Waals surface area contributed by atoms with Gasteiger partial charge in [0, 0.05) is 109 Å². The van der Waals surface area contributed by atoms with Gasteiger partial charge in [-0.2, -0.15) is 0 Å². The number of halogens is 2. The van der Waals surface area contributed by atoms with Crippen molar-refractivity contribution in [3.63, 3.8) is 0 Å². The van der Waals surface area contributed by atoms with E-state index in [9.17, 15) is 28.8 Å². The summed E-state index contributed by atoms with van der Waals surface area (Å²) in [6.45, 7) is 16.1. The highest BCUT2D eigenvalue weighted by Gasteiger charge is 2.52. The molecule has 16 heteroatoms. The van der Waals surface area contributed by atoms with Gasteiger partial charge >= 0.3 is 7.12 Å². The molecule has 1 fully saturated rings. The molecule has 0 aliphatic carbocycles. The molecule has 0 saturated carbocycles. The smallest absolute Gasteiger partial charge is 0.399 e. The second-order valence-corrected chi connectivity index (χ2v) is 32.7. The van der Waals surface area contributed by atoms with E-state index >= 15 is 0 Å². The number of pyridine rings is 2. The number of benzene rings is 9. The molecule has 15 rings (SSSR count). The van der Waals surface area contributed by atoms with Crippen LogP contribution in [-0.4, -0.2) is 80.1 Å². The molecular weight excluding hydrogens is 1550 g/mol. The van der Waals surface area contributed by atoms with Gasteiger partial charge in [0.15, 0.2) is 0 Å². The van der Waals surface area contributed by atoms with Gasteiger partial charge in [0.2, 0.25) is 0 Å². The highest BCUT2D eigenvalue weighted by Crippen LogP contribution is 2.38. The van der Waals surface area contributed by atoms with Crippen molar-refractivity contribution < 1.29 is 38.1 Å². The van der Waals surface area contributed by atoms with Crippen LogP contribution in [0.5, 0.6) is 0 Å². The second kappa shape index (κ2) is 38.4. The Kier molecular flexibility index (Phi) is 27.9. The van der Waals surface area contributed by atoms with Crippen LogP contribution in [0.4, 0.5) is 17.1 Å². The minimum atomic E-state index is -0.476. The van der Waals surface area contributed by atoms with Gasteiger partial charge in [-0.3, -0.25) is 53.7 Å². The van der Waals surface area contributed by atoms with E-state index in [1.165, 1.54) is 11.1 Å². The molecule has 0 bridgehead atoms. The number of carbonyl (C=O) groups excluding carboxylic acids is 6. The van der Waals surface area contributed by atoms with Gasteiger partial charge in [-0.25, -0.2) is 0 Å². The standard InChI is InChI=1S/C33H30N2O2.C32H34BNO4.C26H22BrNO2.C7H8BrN/c1-22-15-28(16-23(2)34-22)26-9-6-10-27(19-26)33-21-31(37)20-29-17-25(12-14-32(29)35-33)18-30(36)13-11-24-7-4-3-5-8-24;1-31(2)32(3,4)38-33(37-31)26-12-8-11-24(19-26)30-21-28(36)20-25-17-23(14-16-29(25)34-30)18-27(35)15-13-22-9-6-5-7-10-22;27-22-8-4-7-20(15-22)26-17-24(30)16-21-13-19(10-12-25(21)28-26)14-23(29)11-9-18-5-2-1-3-6-18;1-5-3-7(8)4-6(2)9-5/h3-10,12,14-17,19H,11,13,18,20-21H2,1-2H3;5-12,14,16-17,19H,13,15,18,20-21H2,1-4H3;1-8,10,12-13,15H,9,11,14,16-17H2;3-4H,1-2H3. The van der Waals surface area contributed by atoms with E-state index in [4.69, 9.17) is 24.3 Å². The lowest BCUT2D eigenvalue weighted by Crippen LogP contribution is -2.41. The average molecular weight is 1640 g/mol. The maximum absolute atomic E-state index is 12.9. The summed E-state index contributed by atoms with van der Waals surface area (Å²) in [4.78, 5) is 99.4. The summed E-state index contributed by atoms with van der Waals surface area (Å²) in [5.41, 5.74) is 22.8. The normalized spacial score (nSPS) is 14.5. The van der Waals surface area contributed by atoms with Crippen LogP contribution in [0.1, 0.15) is 156 Å². The molecule has 0 N–H and O–H groups in total. The molecule has 11 aromatic rings. The summed E-state index contributed by atoms with van der Waals surface area (Å²) in [5.74, 6) is 0.975. The Morgan fingerprint density at radius 1 is 0.342 bits per heavy atom. The molecule has 0 unspecified atom stereocenters. The fraction of sp³-hybridized carbons (Fsp3) is 0.255. The van der Waals surface area contributed by atoms with Crippen LogP contribution in [-0.2, 0) is 95.9 Å². The molecule has 6 heterocycles. The first kappa shape index (κ1) is 82.7. The topological polar surface area (TPSA) is 184 Å². The number of ketones is 6. The van der Waals surface area contributed by atoms with Crippen LogP contribution in [0, 0.1) is 27.7 Å². The lowest BCUT2D eigenvalue weighted by Gasteiger charge is -2.32. The molecule has 9 aromatic carbocycles. The molecule has 4 aliphatic rings. The highest BCUT2D eigenvalue weighted by molar-refractivity contribution is 9.10. The van der Waals surface area contributed by atoms with Crippen molar-refractivity contribution in [2.24, 2.45) is 15.0 Å². The Morgan fingerprint density at radius 3 is 1.06 bits per heavy atom. The number of rotatable bonds is 20. The van der Waals surface area contributed by atoms with Crippen LogP contribution in [0.25, 0.3) is 11.1 Å². The maximum atomic E-state index is 12.9. The van der Waals surface area contributed by atoms with Gasteiger partial charge in [-0.05, 0) is 219 Å². The lowest BCUT2D eigenvalue weighted by atomic mass is 9.78. The summed E-state index contributed by atoms with van der Waals surface area (Å²) in [7, 11) is -0.476. The number of hydrogen-bond acceptors (Lipinski definition) is 13. The second-order valence-electron chi connectivity index (χ2n) is 30.9. The van der Waals surface area contributed by atoms with Crippen LogP contribution in [0.3, 0.4) is 0 Å². The highest BCUT2D eigenvalue weighted by atomic mass is 79.9.